The Morgan fingerprint density at radius 3 is 2.62 bits per heavy atom. The lowest BCUT2D eigenvalue weighted by Gasteiger charge is -2.42. The smallest absolute Gasteiger partial charge is 0.0649 e. The Morgan fingerprint density at radius 2 is 1.71 bits per heavy atom. The summed E-state index contributed by atoms with van der Waals surface area (Å²) in [6.07, 6.45) is 5.13. The average Bonchev–Trinajstić information content (AvgIpc) is 2.56. The van der Waals surface area contributed by atoms with Crippen molar-refractivity contribution in [3.63, 3.8) is 0 Å². The van der Waals surface area contributed by atoms with E-state index in [1.165, 1.54) is 24.8 Å². The molecule has 2 aliphatic rings. The van der Waals surface area contributed by atoms with Crippen LogP contribution in [0.3, 0.4) is 0 Å². The SMILES string of the molecule is c1ccc(C[C@H]2OCC[C@H]3c4ccccc4CC[C@@H]23)cc1. The normalized spacial score (nSPS) is 27.7. The fraction of sp³-hybridized carbons (Fsp3) is 0.400. The van der Waals surface area contributed by atoms with Gasteiger partial charge in [0, 0.05) is 6.61 Å². The topological polar surface area (TPSA) is 9.23 Å². The van der Waals surface area contributed by atoms with Crippen LogP contribution in [0.1, 0.15) is 35.4 Å². The third-order valence-corrected chi connectivity index (χ3v) is 5.24. The van der Waals surface area contributed by atoms with E-state index in [-0.39, 0.29) is 0 Å². The Hall–Kier alpha value is -1.60. The minimum absolute atomic E-state index is 0.388. The average molecular weight is 278 g/mol. The third kappa shape index (κ3) is 2.51. The molecule has 2 aromatic rings. The van der Waals surface area contributed by atoms with Gasteiger partial charge in [-0.1, -0.05) is 54.6 Å². The Balaban J connectivity index is 1.59. The van der Waals surface area contributed by atoms with E-state index in [2.05, 4.69) is 54.6 Å². The van der Waals surface area contributed by atoms with Crippen LogP contribution in [0.5, 0.6) is 0 Å². The van der Waals surface area contributed by atoms with Gasteiger partial charge in [-0.05, 0) is 54.2 Å². The van der Waals surface area contributed by atoms with Crippen molar-refractivity contribution in [2.24, 2.45) is 5.92 Å². The van der Waals surface area contributed by atoms with Crippen LogP contribution >= 0.6 is 0 Å². The second-order valence-electron chi connectivity index (χ2n) is 6.40. The molecular formula is C20H22O. The molecule has 0 spiro atoms. The monoisotopic (exact) mass is 278 g/mol. The zero-order valence-corrected chi connectivity index (χ0v) is 12.4. The van der Waals surface area contributed by atoms with Gasteiger partial charge >= 0.3 is 0 Å². The molecule has 0 saturated carbocycles. The minimum atomic E-state index is 0.388. The zero-order chi connectivity index (χ0) is 14.1. The van der Waals surface area contributed by atoms with E-state index in [1.807, 2.05) is 0 Å². The van der Waals surface area contributed by atoms with Crippen LogP contribution < -0.4 is 0 Å². The standard InChI is InChI=1S/C20H22O/c1-2-6-15(7-3-1)14-20-19-11-10-16-8-4-5-9-17(16)18(19)12-13-21-20/h1-9,18-20H,10-14H2/t18-,19+,20+/m0/s1. The molecule has 1 saturated heterocycles. The van der Waals surface area contributed by atoms with E-state index >= 15 is 0 Å². The van der Waals surface area contributed by atoms with E-state index in [0.717, 1.165) is 13.0 Å². The minimum Gasteiger partial charge on any atom is -0.378 e. The van der Waals surface area contributed by atoms with Crippen molar-refractivity contribution in [2.45, 2.75) is 37.7 Å². The molecule has 2 aromatic carbocycles. The maximum Gasteiger partial charge on any atom is 0.0649 e. The number of hydrogen-bond acceptors (Lipinski definition) is 1. The highest BCUT2D eigenvalue weighted by Crippen LogP contribution is 2.44. The van der Waals surface area contributed by atoms with Crippen molar-refractivity contribution in [2.75, 3.05) is 6.61 Å². The van der Waals surface area contributed by atoms with Gasteiger partial charge < -0.3 is 4.74 Å². The van der Waals surface area contributed by atoms with Crippen LogP contribution in [0.25, 0.3) is 0 Å². The number of rotatable bonds is 2. The predicted octanol–water partition coefficient (Wildman–Crippen LogP) is 4.36. The second-order valence-corrected chi connectivity index (χ2v) is 6.40. The molecule has 1 heteroatoms. The second kappa shape index (κ2) is 5.65. The van der Waals surface area contributed by atoms with Gasteiger partial charge in [0.25, 0.3) is 0 Å². The van der Waals surface area contributed by atoms with Gasteiger partial charge in [0.2, 0.25) is 0 Å². The van der Waals surface area contributed by atoms with Crippen molar-refractivity contribution in [3.8, 4) is 0 Å². The first-order chi connectivity index (χ1) is 10.4. The van der Waals surface area contributed by atoms with Crippen LogP contribution in [0.2, 0.25) is 0 Å². The molecule has 0 radical (unpaired) electrons. The number of fused-ring (bicyclic) bond motifs is 3. The van der Waals surface area contributed by atoms with Gasteiger partial charge in [0.05, 0.1) is 6.10 Å². The Morgan fingerprint density at radius 1 is 0.905 bits per heavy atom. The van der Waals surface area contributed by atoms with E-state index < -0.39 is 0 Å². The molecule has 1 aliphatic heterocycles. The lowest BCUT2D eigenvalue weighted by atomic mass is 9.69. The Labute approximate surface area is 127 Å². The maximum absolute atomic E-state index is 6.17. The molecule has 21 heavy (non-hydrogen) atoms. The van der Waals surface area contributed by atoms with E-state index in [4.69, 9.17) is 4.74 Å². The summed E-state index contributed by atoms with van der Waals surface area (Å²) >= 11 is 0. The molecular weight excluding hydrogens is 256 g/mol. The number of aryl methyl sites for hydroxylation is 1. The molecule has 1 nitrogen and oxygen atoms in total. The van der Waals surface area contributed by atoms with Crippen molar-refractivity contribution >= 4 is 0 Å². The highest BCUT2D eigenvalue weighted by Gasteiger charge is 2.38. The van der Waals surface area contributed by atoms with E-state index in [9.17, 15) is 0 Å². The molecule has 1 heterocycles. The molecule has 0 N–H and O–H groups in total. The van der Waals surface area contributed by atoms with Crippen molar-refractivity contribution in [3.05, 3.63) is 71.3 Å². The fourth-order valence-electron chi connectivity index (χ4n) is 4.22. The molecule has 4 rings (SSSR count). The molecule has 0 amide bonds. The Bertz CT molecular complexity index is 604. The van der Waals surface area contributed by atoms with Crippen LogP contribution in [0, 0.1) is 5.92 Å². The fourth-order valence-corrected chi connectivity index (χ4v) is 4.22. The quantitative estimate of drug-likeness (QED) is 0.793. The summed E-state index contributed by atoms with van der Waals surface area (Å²) in [6.45, 7) is 0.910. The lowest BCUT2D eigenvalue weighted by molar-refractivity contribution is -0.0428. The highest BCUT2D eigenvalue weighted by molar-refractivity contribution is 5.34. The van der Waals surface area contributed by atoms with E-state index in [1.54, 1.807) is 11.1 Å². The van der Waals surface area contributed by atoms with Gasteiger partial charge in [-0.2, -0.15) is 0 Å². The van der Waals surface area contributed by atoms with Gasteiger partial charge in [-0.3, -0.25) is 0 Å². The summed E-state index contributed by atoms with van der Waals surface area (Å²) in [5.74, 6) is 1.39. The summed E-state index contributed by atoms with van der Waals surface area (Å²) in [5.41, 5.74) is 4.57. The summed E-state index contributed by atoms with van der Waals surface area (Å²) in [6, 6.07) is 19.8. The van der Waals surface area contributed by atoms with E-state index in [0.29, 0.717) is 17.9 Å². The highest BCUT2D eigenvalue weighted by atomic mass is 16.5. The van der Waals surface area contributed by atoms with Crippen LogP contribution in [0.4, 0.5) is 0 Å². The zero-order valence-electron chi connectivity index (χ0n) is 12.4. The molecule has 1 fully saturated rings. The summed E-state index contributed by atoms with van der Waals surface area (Å²) in [7, 11) is 0. The Kier molecular flexibility index (Phi) is 3.52. The molecule has 0 aromatic heterocycles. The summed E-state index contributed by atoms with van der Waals surface area (Å²) < 4.78 is 6.17. The maximum atomic E-state index is 6.17. The van der Waals surface area contributed by atoms with Crippen LogP contribution in [-0.2, 0) is 17.6 Å². The lowest BCUT2D eigenvalue weighted by Crippen LogP contribution is -2.39. The number of hydrogen-bond donors (Lipinski definition) is 0. The van der Waals surface area contributed by atoms with Gasteiger partial charge in [0.15, 0.2) is 0 Å². The first kappa shape index (κ1) is 13.1. The summed E-state index contributed by atoms with van der Waals surface area (Å²) in [4.78, 5) is 0. The first-order valence-electron chi connectivity index (χ1n) is 8.15. The number of benzene rings is 2. The first-order valence-corrected chi connectivity index (χ1v) is 8.15. The molecule has 108 valence electrons. The van der Waals surface area contributed by atoms with Gasteiger partial charge in [0.1, 0.15) is 0 Å². The van der Waals surface area contributed by atoms with Crippen molar-refractivity contribution in [1.29, 1.82) is 0 Å². The summed E-state index contributed by atoms with van der Waals surface area (Å²) in [5, 5.41) is 0. The van der Waals surface area contributed by atoms with Crippen molar-refractivity contribution in [1.82, 2.24) is 0 Å². The number of ether oxygens (including phenoxy) is 1. The van der Waals surface area contributed by atoms with Gasteiger partial charge in [-0.15, -0.1) is 0 Å². The third-order valence-electron chi connectivity index (χ3n) is 5.24. The van der Waals surface area contributed by atoms with Gasteiger partial charge in [-0.25, -0.2) is 0 Å². The van der Waals surface area contributed by atoms with Crippen molar-refractivity contribution < 1.29 is 4.74 Å². The molecule has 0 bridgehead atoms. The van der Waals surface area contributed by atoms with Crippen LogP contribution in [-0.4, -0.2) is 12.7 Å². The largest absolute Gasteiger partial charge is 0.378 e. The molecule has 3 atom stereocenters. The molecule has 1 aliphatic carbocycles. The molecule has 0 unspecified atom stereocenters. The van der Waals surface area contributed by atoms with Crippen LogP contribution in [0.15, 0.2) is 54.6 Å². The predicted molar refractivity (Wildman–Crippen MR) is 85.5 cm³/mol.